The molecule has 1 unspecified atom stereocenters. The lowest BCUT2D eigenvalue weighted by atomic mass is 9.81. The molecule has 2 aliphatic rings. The van der Waals surface area contributed by atoms with Crippen molar-refractivity contribution in [2.75, 3.05) is 11.9 Å². The van der Waals surface area contributed by atoms with Gasteiger partial charge in [-0.3, -0.25) is 0 Å². The second kappa shape index (κ2) is 6.08. The predicted octanol–water partition coefficient (Wildman–Crippen LogP) is 3.28. The molecule has 0 aliphatic carbocycles. The third-order valence-electron chi connectivity index (χ3n) is 4.69. The fourth-order valence-electron chi connectivity index (χ4n) is 3.68. The molecule has 2 aliphatic heterocycles. The largest absolute Gasteiger partial charge is 0.465 e. The van der Waals surface area contributed by atoms with E-state index >= 15 is 0 Å². The van der Waals surface area contributed by atoms with Crippen LogP contribution >= 0.6 is 23.2 Å². The van der Waals surface area contributed by atoms with E-state index in [2.05, 4.69) is 9.97 Å². The van der Waals surface area contributed by atoms with E-state index < -0.39 is 6.09 Å². The van der Waals surface area contributed by atoms with Gasteiger partial charge in [0.15, 0.2) is 0 Å². The van der Waals surface area contributed by atoms with Crippen molar-refractivity contribution in [2.24, 2.45) is 0 Å². The molecule has 0 radical (unpaired) electrons. The minimum atomic E-state index is -0.808. The van der Waals surface area contributed by atoms with Crippen LogP contribution < -0.4 is 4.90 Å². The Morgan fingerprint density at radius 2 is 1.82 bits per heavy atom. The van der Waals surface area contributed by atoms with E-state index in [-0.39, 0.29) is 18.1 Å². The van der Waals surface area contributed by atoms with Crippen molar-refractivity contribution in [3.8, 4) is 0 Å². The molecule has 3 rings (SSSR count). The van der Waals surface area contributed by atoms with E-state index in [9.17, 15) is 9.90 Å². The highest BCUT2D eigenvalue weighted by atomic mass is 35.5. The molecule has 3 atom stereocenters. The number of piperidine rings is 2. The van der Waals surface area contributed by atoms with Crippen LogP contribution in [0, 0.1) is 0 Å². The molecular formula is C14H18Cl2N4O2. The molecule has 22 heavy (non-hydrogen) atoms. The van der Waals surface area contributed by atoms with Gasteiger partial charge in [-0.2, -0.15) is 0 Å². The number of rotatable bonds is 2. The topological polar surface area (TPSA) is 69.6 Å². The normalized spacial score (nSPS) is 27.6. The first-order valence-electron chi connectivity index (χ1n) is 7.40. The molecule has 120 valence electrons. The molecule has 2 bridgehead atoms. The van der Waals surface area contributed by atoms with Crippen molar-refractivity contribution in [3.63, 3.8) is 0 Å². The van der Waals surface area contributed by atoms with Crippen LogP contribution in [0.25, 0.3) is 0 Å². The van der Waals surface area contributed by atoms with E-state index in [0.717, 1.165) is 32.1 Å². The Morgan fingerprint density at radius 3 is 2.32 bits per heavy atom. The molecular weight excluding hydrogens is 327 g/mol. The van der Waals surface area contributed by atoms with Crippen LogP contribution in [0.1, 0.15) is 32.1 Å². The van der Waals surface area contributed by atoms with E-state index in [1.165, 1.54) is 6.07 Å². The quantitative estimate of drug-likeness (QED) is 0.833. The summed E-state index contributed by atoms with van der Waals surface area (Å²) in [5, 5.41) is 10.0. The van der Waals surface area contributed by atoms with Crippen molar-refractivity contribution in [1.29, 1.82) is 0 Å². The summed E-state index contributed by atoms with van der Waals surface area (Å²) in [6.45, 7) is 0. The summed E-state index contributed by atoms with van der Waals surface area (Å²) in [4.78, 5) is 23.5. The Bertz CT molecular complexity index is 552. The zero-order valence-corrected chi connectivity index (χ0v) is 13.8. The maximum atomic E-state index is 11.5. The van der Waals surface area contributed by atoms with Crippen molar-refractivity contribution < 1.29 is 9.90 Å². The standard InChI is InChI=1S/C14H18Cl2N4O2/c1-19(13-17-11(15)7-12(16)18-13)10-5-8-3-2-4-9(6-10)20(8)14(21)22/h7-10H,2-6H2,1H3,(H,21,22)/t8-,9+,10?. The molecule has 1 aromatic heterocycles. The fourth-order valence-corrected chi connectivity index (χ4v) is 4.09. The van der Waals surface area contributed by atoms with Gasteiger partial charge in [0, 0.05) is 31.2 Å². The molecule has 0 aromatic carbocycles. The van der Waals surface area contributed by atoms with Crippen LogP contribution in [0.3, 0.4) is 0 Å². The summed E-state index contributed by atoms with van der Waals surface area (Å²) >= 11 is 11.9. The third-order valence-corrected chi connectivity index (χ3v) is 5.07. The average molecular weight is 345 g/mol. The molecule has 2 fully saturated rings. The number of halogens is 2. The summed E-state index contributed by atoms with van der Waals surface area (Å²) in [6, 6.07) is 1.85. The van der Waals surface area contributed by atoms with E-state index in [1.807, 2.05) is 11.9 Å². The molecule has 2 saturated heterocycles. The Kier molecular flexibility index (Phi) is 4.32. The Balaban J connectivity index is 1.80. The molecule has 0 saturated carbocycles. The predicted molar refractivity (Wildman–Crippen MR) is 84.8 cm³/mol. The number of amides is 1. The van der Waals surface area contributed by atoms with Gasteiger partial charge in [0.1, 0.15) is 10.3 Å². The highest BCUT2D eigenvalue weighted by Gasteiger charge is 2.42. The lowest BCUT2D eigenvalue weighted by Gasteiger charge is -2.49. The monoisotopic (exact) mass is 344 g/mol. The van der Waals surface area contributed by atoms with Gasteiger partial charge in [-0.05, 0) is 32.1 Å². The fraction of sp³-hybridized carbons (Fsp3) is 0.643. The van der Waals surface area contributed by atoms with Crippen molar-refractivity contribution in [2.45, 2.75) is 50.2 Å². The van der Waals surface area contributed by atoms with Gasteiger partial charge in [-0.15, -0.1) is 0 Å². The summed E-state index contributed by atoms with van der Waals surface area (Å²) in [7, 11) is 1.92. The Hall–Kier alpha value is -1.27. The molecule has 1 amide bonds. The first kappa shape index (κ1) is 15.6. The summed E-state index contributed by atoms with van der Waals surface area (Å²) in [5.41, 5.74) is 0. The molecule has 1 aromatic rings. The van der Waals surface area contributed by atoms with Crippen LogP contribution in [0.15, 0.2) is 6.07 Å². The van der Waals surface area contributed by atoms with Crippen LogP contribution in [0.4, 0.5) is 10.7 Å². The molecule has 0 spiro atoms. The van der Waals surface area contributed by atoms with Gasteiger partial charge in [-0.1, -0.05) is 23.2 Å². The van der Waals surface area contributed by atoms with Crippen molar-refractivity contribution in [1.82, 2.24) is 14.9 Å². The minimum Gasteiger partial charge on any atom is -0.465 e. The summed E-state index contributed by atoms with van der Waals surface area (Å²) < 4.78 is 0. The number of fused-ring (bicyclic) bond motifs is 2. The average Bonchev–Trinajstić information content (AvgIpc) is 2.43. The maximum Gasteiger partial charge on any atom is 0.407 e. The lowest BCUT2D eigenvalue weighted by Crippen LogP contribution is -2.58. The number of hydrogen-bond donors (Lipinski definition) is 1. The highest BCUT2D eigenvalue weighted by molar-refractivity contribution is 6.33. The van der Waals surface area contributed by atoms with Gasteiger partial charge in [0.05, 0.1) is 0 Å². The third kappa shape index (κ3) is 2.94. The number of carbonyl (C=O) groups is 1. The number of nitrogens with zero attached hydrogens (tertiary/aromatic N) is 4. The van der Waals surface area contributed by atoms with Gasteiger partial charge in [0.25, 0.3) is 0 Å². The second-order valence-corrected chi connectivity index (χ2v) is 6.75. The first-order valence-corrected chi connectivity index (χ1v) is 8.15. The number of carboxylic acid groups (broad SMARTS) is 1. The number of anilines is 1. The first-order chi connectivity index (χ1) is 10.5. The smallest absolute Gasteiger partial charge is 0.407 e. The Labute approximate surface area is 139 Å². The maximum absolute atomic E-state index is 11.5. The SMILES string of the molecule is CN(c1nc(Cl)cc(Cl)n1)C1C[C@H]2CCC[C@@H](C1)N2C(=O)O. The van der Waals surface area contributed by atoms with Gasteiger partial charge >= 0.3 is 6.09 Å². The van der Waals surface area contributed by atoms with Gasteiger partial charge in [0.2, 0.25) is 5.95 Å². The van der Waals surface area contributed by atoms with Crippen LogP contribution in [-0.4, -0.2) is 51.2 Å². The number of aromatic nitrogens is 2. The van der Waals surface area contributed by atoms with Crippen molar-refractivity contribution in [3.05, 3.63) is 16.4 Å². The highest BCUT2D eigenvalue weighted by Crippen LogP contribution is 2.36. The zero-order valence-electron chi connectivity index (χ0n) is 12.2. The van der Waals surface area contributed by atoms with Crippen LogP contribution in [0.2, 0.25) is 10.3 Å². The van der Waals surface area contributed by atoms with E-state index in [1.54, 1.807) is 4.90 Å². The van der Waals surface area contributed by atoms with E-state index in [0.29, 0.717) is 16.3 Å². The molecule has 3 heterocycles. The second-order valence-electron chi connectivity index (χ2n) is 5.98. The molecule has 1 N–H and O–H groups in total. The molecule has 8 heteroatoms. The van der Waals surface area contributed by atoms with Gasteiger partial charge < -0.3 is 14.9 Å². The zero-order chi connectivity index (χ0) is 15.9. The Morgan fingerprint density at radius 1 is 1.27 bits per heavy atom. The van der Waals surface area contributed by atoms with Crippen LogP contribution in [0.5, 0.6) is 0 Å². The summed E-state index contributed by atoms with van der Waals surface area (Å²) in [6.07, 6.45) is 3.70. The van der Waals surface area contributed by atoms with E-state index in [4.69, 9.17) is 23.2 Å². The van der Waals surface area contributed by atoms with Gasteiger partial charge in [-0.25, -0.2) is 14.8 Å². The van der Waals surface area contributed by atoms with Crippen molar-refractivity contribution >= 4 is 35.2 Å². The molecule has 6 nitrogen and oxygen atoms in total. The lowest BCUT2D eigenvalue weighted by molar-refractivity contribution is 0.0351. The minimum absolute atomic E-state index is 0.0760. The number of hydrogen-bond acceptors (Lipinski definition) is 4. The van der Waals surface area contributed by atoms with Crippen LogP contribution in [-0.2, 0) is 0 Å². The summed E-state index contributed by atoms with van der Waals surface area (Å²) in [5.74, 6) is 0.490.